The molecule has 0 saturated carbocycles. The van der Waals surface area contributed by atoms with Gasteiger partial charge in [0, 0.05) is 43.5 Å². The first-order chi connectivity index (χ1) is 12.6. The van der Waals surface area contributed by atoms with Gasteiger partial charge in [0.15, 0.2) is 5.84 Å². The largest absolute Gasteiger partial charge is 0.381 e. The summed E-state index contributed by atoms with van der Waals surface area (Å²) in [4.78, 5) is 2.17. The molecule has 6 heteroatoms. The number of hydrogen-bond acceptors (Lipinski definition) is 4. The molecule has 0 aromatic heterocycles. The Morgan fingerprint density at radius 3 is 2.92 bits per heavy atom. The van der Waals surface area contributed by atoms with Crippen LogP contribution in [0.1, 0.15) is 12.0 Å². The molecule has 0 bridgehead atoms. The van der Waals surface area contributed by atoms with Crippen molar-refractivity contribution in [2.45, 2.75) is 6.42 Å². The van der Waals surface area contributed by atoms with Gasteiger partial charge in [-0.3, -0.25) is 5.41 Å². The smallest absolute Gasteiger partial charge is 0.176 e. The average Bonchev–Trinajstić information content (AvgIpc) is 2.66. The Morgan fingerprint density at radius 1 is 1.31 bits per heavy atom. The van der Waals surface area contributed by atoms with Gasteiger partial charge in [0.05, 0.1) is 0 Å². The Kier molecular flexibility index (Phi) is 5.31. The van der Waals surface area contributed by atoms with Gasteiger partial charge in [-0.05, 0) is 35.8 Å². The molecule has 134 valence electrons. The Hall–Kier alpha value is -3.15. The topological polar surface area (TPSA) is 89.9 Å². The van der Waals surface area contributed by atoms with Crippen LogP contribution < -0.4 is 11.2 Å². The Labute approximate surface area is 154 Å². The predicted molar refractivity (Wildman–Crippen MR) is 106 cm³/mol. The minimum absolute atomic E-state index is 0.0502. The summed E-state index contributed by atoms with van der Waals surface area (Å²) in [5.41, 5.74) is 5.62. The number of allylic oxidation sites excluding steroid dienone is 6. The van der Waals surface area contributed by atoms with Gasteiger partial charge in [-0.2, -0.15) is 0 Å². The molecular formula is C20H24N6. The molecule has 1 aromatic carbocycles. The molecule has 0 spiro atoms. The van der Waals surface area contributed by atoms with Crippen molar-refractivity contribution in [3.05, 3.63) is 77.1 Å². The lowest BCUT2D eigenvalue weighted by Gasteiger charge is -2.32. The summed E-state index contributed by atoms with van der Waals surface area (Å²) < 4.78 is 0. The number of nitrogens with two attached hydrogens (primary N) is 1. The van der Waals surface area contributed by atoms with Crippen LogP contribution in [0.4, 0.5) is 5.69 Å². The summed E-state index contributed by atoms with van der Waals surface area (Å²) in [5.74, 6) is 5.49. The fourth-order valence-corrected chi connectivity index (χ4v) is 3.33. The van der Waals surface area contributed by atoms with Crippen molar-refractivity contribution in [2.75, 3.05) is 26.0 Å². The van der Waals surface area contributed by atoms with E-state index in [0.29, 0.717) is 11.5 Å². The first kappa shape index (κ1) is 17.7. The number of rotatable bonds is 5. The minimum Gasteiger partial charge on any atom is -0.381 e. The summed E-state index contributed by atoms with van der Waals surface area (Å²) in [6.07, 6.45) is 12.0. The van der Waals surface area contributed by atoms with Crippen molar-refractivity contribution in [1.82, 2.24) is 4.90 Å². The standard InChI is InChI=1S/C20H24N6/c1-26(2)19-11-10-15(17-8-3-4-9-18(17)19)13-23-16-7-5-6-14(12-16)20(21)24-25-22/h3-7,9-12,17,23H,8,13H2,1-2H3,(H3,21,22,24). The van der Waals surface area contributed by atoms with E-state index in [1.54, 1.807) is 0 Å². The zero-order valence-electron chi connectivity index (χ0n) is 15.1. The van der Waals surface area contributed by atoms with Crippen LogP contribution in [0.25, 0.3) is 0 Å². The van der Waals surface area contributed by atoms with Crippen molar-refractivity contribution in [1.29, 1.82) is 5.41 Å². The number of fused-ring (bicyclic) bond motifs is 1. The van der Waals surface area contributed by atoms with Crippen molar-refractivity contribution in [2.24, 2.45) is 22.1 Å². The Morgan fingerprint density at radius 2 is 2.15 bits per heavy atom. The van der Waals surface area contributed by atoms with Crippen LogP contribution in [0.2, 0.25) is 0 Å². The van der Waals surface area contributed by atoms with Gasteiger partial charge in [0.25, 0.3) is 0 Å². The lowest BCUT2D eigenvalue weighted by Crippen LogP contribution is -2.25. The molecule has 4 N–H and O–H groups in total. The average molecular weight is 348 g/mol. The Balaban J connectivity index is 1.76. The van der Waals surface area contributed by atoms with Crippen LogP contribution in [0.5, 0.6) is 0 Å². The molecule has 3 rings (SSSR count). The zero-order chi connectivity index (χ0) is 18.5. The highest BCUT2D eigenvalue weighted by molar-refractivity contribution is 5.97. The normalized spacial score (nSPS) is 18.7. The first-order valence-electron chi connectivity index (χ1n) is 8.59. The molecule has 26 heavy (non-hydrogen) atoms. The van der Waals surface area contributed by atoms with Gasteiger partial charge in [0.1, 0.15) is 0 Å². The molecule has 1 atom stereocenters. The maximum absolute atomic E-state index is 7.83. The molecule has 2 aliphatic rings. The van der Waals surface area contributed by atoms with E-state index in [2.05, 4.69) is 65.0 Å². The monoisotopic (exact) mass is 348 g/mol. The fraction of sp³-hybridized carbons (Fsp3) is 0.250. The highest BCUT2D eigenvalue weighted by atomic mass is 15.3. The number of likely N-dealkylation sites (N-methyl/N-ethyl adjacent to an activating group) is 1. The van der Waals surface area contributed by atoms with Gasteiger partial charge < -0.3 is 16.1 Å². The molecule has 1 unspecified atom stereocenters. The molecule has 1 aromatic rings. The second-order valence-corrected chi connectivity index (χ2v) is 6.52. The molecule has 0 saturated heterocycles. The third kappa shape index (κ3) is 3.74. The van der Waals surface area contributed by atoms with Crippen molar-refractivity contribution in [3.63, 3.8) is 0 Å². The van der Waals surface area contributed by atoms with Gasteiger partial charge in [-0.1, -0.05) is 41.7 Å². The minimum atomic E-state index is 0.0502. The molecule has 6 nitrogen and oxygen atoms in total. The van der Waals surface area contributed by atoms with E-state index in [9.17, 15) is 0 Å². The predicted octanol–water partition coefficient (Wildman–Crippen LogP) is 3.64. The second kappa shape index (κ2) is 7.82. The molecule has 0 aliphatic heterocycles. The summed E-state index contributed by atoms with van der Waals surface area (Å²) >= 11 is 0. The maximum atomic E-state index is 7.83. The number of benzene rings is 1. The van der Waals surface area contributed by atoms with Gasteiger partial charge in [0.2, 0.25) is 0 Å². The van der Waals surface area contributed by atoms with Crippen LogP contribution in [-0.4, -0.2) is 31.4 Å². The highest BCUT2D eigenvalue weighted by Crippen LogP contribution is 2.36. The quantitative estimate of drug-likeness (QED) is 0.249. The van der Waals surface area contributed by atoms with Crippen LogP contribution in [0.3, 0.4) is 0 Å². The van der Waals surface area contributed by atoms with Crippen molar-refractivity contribution >= 4 is 11.5 Å². The highest BCUT2D eigenvalue weighted by Gasteiger charge is 2.25. The lowest BCUT2D eigenvalue weighted by molar-refractivity contribution is 0.498. The van der Waals surface area contributed by atoms with Gasteiger partial charge in [-0.25, -0.2) is 0 Å². The molecule has 2 aliphatic carbocycles. The van der Waals surface area contributed by atoms with E-state index in [1.807, 2.05) is 24.3 Å². The van der Waals surface area contributed by atoms with Gasteiger partial charge in [-0.15, -0.1) is 5.11 Å². The van der Waals surface area contributed by atoms with E-state index in [4.69, 9.17) is 11.3 Å². The lowest BCUT2D eigenvalue weighted by atomic mass is 9.80. The summed E-state index contributed by atoms with van der Waals surface area (Å²) in [7, 11) is 4.16. The molecule has 0 heterocycles. The summed E-state index contributed by atoms with van der Waals surface area (Å²) in [6, 6.07) is 7.59. The number of anilines is 1. The summed E-state index contributed by atoms with van der Waals surface area (Å²) in [5, 5.41) is 18.1. The third-order valence-electron chi connectivity index (χ3n) is 4.63. The van der Waals surface area contributed by atoms with Crippen LogP contribution in [0.15, 0.2) is 81.8 Å². The number of nitrogens with one attached hydrogen (secondary N) is 2. The summed E-state index contributed by atoms with van der Waals surface area (Å²) in [6.45, 7) is 0.752. The molecular weight excluding hydrogens is 324 g/mol. The first-order valence-corrected chi connectivity index (χ1v) is 8.59. The van der Waals surface area contributed by atoms with Crippen LogP contribution in [-0.2, 0) is 0 Å². The number of hydrogen-bond donors (Lipinski definition) is 3. The van der Waals surface area contributed by atoms with Crippen molar-refractivity contribution < 1.29 is 0 Å². The van der Waals surface area contributed by atoms with Crippen LogP contribution >= 0.6 is 0 Å². The van der Waals surface area contributed by atoms with E-state index >= 15 is 0 Å². The number of amidine groups is 1. The second-order valence-electron chi connectivity index (χ2n) is 6.52. The number of nitrogens with zero attached hydrogens (tertiary/aromatic N) is 3. The van der Waals surface area contributed by atoms with E-state index in [-0.39, 0.29) is 5.84 Å². The zero-order valence-corrected chi connectivity index (χ0v) is 15.1. The fourth-order valence-electron chi connectivity index (χ4n) is 3.33. The third-order valence-corrected chi connectivity index (χ3v) is 4.63. The molecule has 0 radical (unpaired) electrons. The molecule has 0 fully saturated rings. The maximum Gasteiger partial charge on any atom is 0.176 e. The van der Waals surface area contributed by atoms with Crippen LogP contribution in [0, 0.1) is 11.3 Å². The Bertz CT molecular complexity index is 842. The SMILES string of the molecule is CN(C)C1=CC=C(CNc2cccc(C(=N)N=NN)c2)C2CC=CC=C12. The van der Waals surface area contributed by atoms with E-state index in [1.165, 1.54) is 16.8 Å². The van der Waals surface area contributed by atoms with Crippen molar-refractivity contribution in [3.8, 4) is 0 Å². The molecule has 0 amide bonds. The van der Waals surface area contributed by atoms with Gasteiger partial charge >= 0.3 is 0 Å². The van der Waals surface area contributed by atoms with E-state index in [0.717, 1.165) is 18.7 Å². The van der Waals surface area contributed by atoms with E-state index < -0.39 is 0 Å².